The molecule has 5 heteroatoms. The Morgan fingerprint density at radius 1 is 1.50 bits per heavy atom. The zero-order valence-electron chi connectivity index (χ0n) is 10.6. The Labute approximate surface area is 119 Å². The van der Waals surface area contributed by atoms with Gasteiger partial charge in [-0.3, -0.25) is 4.79 Å². The zero-order valence-corrected chi connectivity index (χ0v) is 12.1. The van der Waals surface area contributed by atoms with Crippen LogP contribution in [0.3, 0.4) is 0 Å². The molecule has 0 saturated carbocycles. The van der Waals surface area contributed by atoms with Crippen LogP contribution in [-0.2, 0) is 0 Å². The maximum atomic E-state index is 12.4. The average molecular weight is 289 g/mol. The molecule has 1 heterocycles. The standard InChI is InChI=1S/C13H17ClN2O.ClH/c1-9-4-3-5-11(12(9)14)13(17)16-7-6-15-8-10(16)2;/h3-5,10,15H,6-8H2,1-2H3;1H/t10-;/m1./s1. The molecular formula is C13H18Cl2N2O. The van der Waals surface area contributed by atoms with Crippen LogP contribution < -0.4 is 5.32 Å². The highest BCUT2D eigenvalue weighted by Crippen LogP contribution is 2.22. The molecule has 1 amide bonds. The molecule has 1 aromatic rings. The van der Waals surface area contributed by atoms with Crippen LogP contribution in [0.5, 0.6) is 0 Å². The molecule has 0 radical (unpaired) electrons. The van der Waals surface area contributed by atoms with Crippen LogP contribution in [-0.4, -0.2) is 36.5 Å². The summed E-state index contributed by atoms with van der Waals surface area (Å²) in [5.41, 5.74) is 1.56. The van der Waals surface area contributed by atoms with Crippen molar-refractivity contribution in [1.82, 2.24) is 10.2 Å². The Bertz CT molecular complexity index is 437. The van der Waals surface area contributed by atoms with Gasteiger partial charge in [0, 0.05) is 25.7 Å². The molecule has 1 atom stereocenters. The van der Waals surface area contributed by atoms with E-state index in [2.05, 4.69) is 5.32 Å². The number of halogens is 2. The summed E-state index contributed by atoms with van der Waals surface area (Å²) in [5, 5.41) is 3.84. The van der Waals surface area contributed by atoms with Crippen molar-refractivity contribution >= 4 is 29.9 Å². The number of piperazine rings is 1. The predicted molar refractivity (Wildman–Crippen MR) is 76.8 cm³/mol. The first kappa shape index (κ1) is 15.3. The highest BCUT2D eigenvalue weighted by atomic mass is 35.5. The Morgan fingerprint density at radius 2 is 2.22 bits per heavy atom. The van der Waals surface area contributed by atoms with Crippen molar-refractivity contribution in [2.24, 2.45) is 0 Å². The molecule has 1 saturated heterocycles. The third kappa shape index (κ3) is 2.97. The van der Waals surface area contributed by atoms with Gasteiger partial charge in [0.1, 0.15) is 0 Å². The van der Waals surface area contributed by atoms with Crippen molar-refractivity contribution < 1.29 is 4.79 Å². The molecule has 1 N–H and O–H groups in total. The minimum atomic E-state index is 0. The normalized spacial score (nSPS) is 19.3. The number of aryl methyl sites for hydroxylation is 1. The fraction of sp³-hybridized carbons (Fsp3) is 0.462. The van der Waals surface area contributed by atoms with Gasteiger partial charge >= 0.3 is 0 Å². The molecule has 1 fully saturated rings. The lowest BCUT2D eigenvalue weighted by molar-refractivity contribution is 0.0656. The third-order valence-electron chi connectivity index (χ3n) is 3.18. The number of carbonyl (C=O) groups is 1. The van der Waals surface area contributed by atoms with E-state index in [1.807, 2.05) is 30.9 Å². The van der Waals surface area contributed by atoms with Gasteiger partial charge in [-0.25, -0.2) is 0 Å². The van der Waals surface area contributed by atoms with Gasteiger partial charge in [-0.2, -0.15) is 0 Å². The zero-order chi connectivity index (χ0) is 12.4. The number of amides is 1. The molecule has 0 spiro atoms. The maximum Gasteiger partial charge on any atom is 0.255 e. The van der Waals surface area contributed by atoms with Crippen molar-refractivity contribution in [2.75, 3.05) is 19.6 Å². The second kappa shape index (κ2) is 6.41. The first-order chi connectivity index (χ1) is 8.11. The van der Waals surface area contributed by atoms with Gasteiger partial charge in [-0.05, 0) is 25.5 Å². The van der Waals surface area contributed by atoms with Gasteiger partial charge in [0.05, 0.1) is 10.6 Å². The molecule has 0 aromatic heterocycles. The number of hydrogen-bond acceptors (Lipinski definition) is 2. The minimum Gasteiger partial charge on any atom is -0.333 e. The van der Waals surface area contributed by atoms with E-state index >= 15 is 0 Å². The summed E-state index contributed by atoms with van der Waals surface area (Å²) in [5.74, 6) is 0.0349. The quantitative estimate of drug-likeness (QED) is 0.861. The van der Waals surface area contributed by atoms with Crippen LogP contribution >= 0.6 is 24.0 Å². The SMILES string of the molecule is Cc1cccc(C(=O)N2CCNC[C@H]2C)c1Cl.Cl. The molecule has 0 unspecified atom stereocenters. The second-order valence-corrected chi connectivity index (χ2v) is 4.87. The molecule has 18 heavy (non-hydrogen) atoms. The Kier molecular flexibility index (Phi) is 5.45. The smallest absolute Gasteiger partial charge is 0.255 e. The van der Waals surface area contributed by atoms with Crippen LogP contribution in [0.4, 0.5) is 0 Å². The van der Waals surface area contributed by atoms with Crippen LogP contribution in [0.25, 0.3) is 0 Å². The highest BCUT2D eigenvalue weighted by molar-refractivity contribution is 6.34. The number of carbonyl (C=O) groups excluding carboxylic acids is 1. The van der Waals surface area contributed by atoms with Crippen molar-refractivity contribution in [2.45, 2.75) is 19.9 Å². The molecule has 100 valence electrons. The van der Waals surface area contributed by atoms with Crippen LogP contribution in [0.2, 0.25) is 5.02 Å². The molecule has 0 bridgehead atoms. The van der Waals surface area contributed by atoms with E-state index in [0.29, 0.717) is 10.6 Å². The van der Waals surface area contributed by atoms with E-state index in [1.165, 1.54) is 0 Å². The van der Waals surface area contributed by atoms with Crippen molar-refractivity contribution in [3.8, 4) is 0 Å². The minimum absolute atomic E-state index is 0. The number of benzene rings is 1. The predicted octanol–water partition coefficient (Wildman–Crippen LogP) is 2.50. The van der Waals surface area contributed by atoms with Crippen LogP contribution in [0, 0.1) is 6.92 Å². The van der Waals surface area contributed by atoms with E-state index in [-0.39, 0.29) is 24.4 Å². The van der Waals surface area contributed by atoms with E-state index in [4.69, 9.17) is 11.6 Å². The van der Waals surface area contributed by atoms with Gasteiger partial charge < -0.3 is 10.2 Å². The van der Waals surface area contributed by atoms with E-state index < -0.39 is 0 Å². The molecule has 1 aliphatic heterocycles. The van der Waals surface area contributed by atoms with Gasteiger partial charge in [0.25, 0.3) is 5.91 Å². The highest BCUT2D eigenvalue weighted by Gasteiger charge is 2.25. The summed E-state index contributed by atoms with van der Waals surface area (Å²) < 4.78 is 0. The molecule has 2 rings (SSSR count). The van der Waals surface area contributed by atoms with Gasteiger partial charge in [-0.1, -0.05) is 23.7 Å². The molecular weight excluding hydrogens is 271 g/mol. The van der Waals surface area contributed by atoms with Crippen molar-refractivity contribution in [3.05, 3.63) is 34.3 Å². The fourth-order valence-electron chi connectivity index (χ4n) is 2.11. The summed E-state index contributed by atoms with van der Waals surface area (Å²) in [7, 11) is 0. The molecule has 0 aliphatic carbocycles. The molecule has 3 nitrogen and oxygen atoms in total. The first-order valence-electron chi connectivity index (χ1n) is 5.88. The van der Waals surface area contributed by atoms with E-state index in [0.717, 1.165) is 25.2 Å². The lowest BCUT2D eigenvalue weighted by atomic mass is 10.1. The number of nitrogens with one attached hydrogen (secondary N) is 1. The topological polar surface area (TPSA) is 32.3 Å². The number of nitrogens with zero attached hydrogens (tertiary/aromatic N) is 1. The molecule has 1 aromatic carbocycles. The van der Waals surface area contributed by atoms with E-state index in [9.17, 15) is 4.79 Å². The van der Waals surface area contributed by atoms with E-state index in [1.54, 1.807) is 6.07 Å². The largest absolute Gasteiger partial charge is 0.333 e. The number of hydrogen-bond donors (Lipinski definition) is 1. The fourth-order valence-corrected chi connectivity index (χ4v) is 2.32. The van der Waals surface area contributed by atoms with Crippen LogP contribution in [0.15, 0.2) is 18.2 Å². The van der Waals surface area contributed by atoms with Crippen LogP contribution in [0.1, 0.15) is 22.8 Å². The van der Waals surface area contributed by atoms with Gasteiger partial charge in [-0.15, -0.1) is 12.4 Å². The van der Waals surface area contributed by atoms with Gasteiger partial charge in [0.2, 0.25) is 0 Å². The maximum absolute atomic E-state index is 12.4. The summed E-state index contributed by atoms with van der Waals surface area (Å²) in [4.78, 5) is 14.3. The lowest BCUT2D eigenvalue weighted by Crippen LogP contribution is -2.52. The van der Waals surface area contributed by atoms with Crippen molar-refractivity contribution in [3.63, 3.8) is 0 Å². The Hall–Kier alpha value is -0.770. The number of rotatable bonds is 1. The van der Waals surface area contributed by atoms with Gasteiger partial charge in [0.15, 0.2) is 0 Å². The average Bonchev–Trinajstić information content (AvgIpc) is 2.32. The summed E-state index contributed by atoms with van der Waals surface area (Å²) in [6.45, 7) is 6.40. The molecule has 1 aliphatic rings. The van der Waals surface area contributed by atoms with Crippen molar-refractivity contribution in [1.29, 1.82) is 0 Å². The summed E-state index contributed by atoms with van der Waals surface area (Å²) in [6, 6.07) is 5.81. The first-order valence-corrected chi connectivity index (χ1v) is 6.26. The summed E-state index contributed by atoms with van der Waals surface area (Å²) >= 11 is 6.19. The monoisotopic (exact) mass is 288 g/mol. The summed E-state index contributed by atoms with van der Waals surface area (Å²) in [6.07, 6.45) is 0. The lowest BCUT2D eigenvalue weighted by Gasteiger charge is -2.34. The second-order valence-electron chi connectivity index (χ2n) is 4.49. The Balaban J connectivity index is 0.00000162. The third-order valence-corrected chi connectivity index (χ3v) is 3.69. The Morgan fingerprint density at radius 3 is 2.89 bits per heavy atom.